The summed E-state index contributed by atoms with van der Waals surface area (Å²) in [6.45, 7) is 0. The molecule has 1 saturated heterocycles. The van der Waals surface area contributed by atoms with Gasteiger partial charge in [0.1, 0.15) is 5.75 Å². The number of nitrogens with one attached hydrogen (secondary N) is 2. The number of rotatable bonds is 8. The fourth-order valence-corrected chi connectivity index (χ4v) is 10.2. The molecule has 51 heavy (non-hydrogen) atoms. The van der Waals surface area contributed by atoms with E-state index in [1.54, 1.807) is 6.07 Å². The van der Waals surface area contributed by atoms with E-state index in [0.717, 1.165) is 54.4 Å². The highest BCUT2D eigenvalue weighted by Gasteiger charge is 2.44. The number of phenols is 3. The Balaban J connectivity index is 1.01. The molecule has 0 amide bonds. The molecule has 8 rings (SSSR count). The Hall–Kier alpha value is -3.72. The van der Waals surface area contributed by atoms with Gasteiger partial charge in [0.05, 0.1) is 25.4 Å². The van der Waals surface area contributed by atoms with Crippen LogP contribution in [0.4, 0.5) is 0 Å². The summed E-state index contributed by atoms with van der Waals surface area (Å²) < 4.78 is 12.5. The number of fused-ring (bicyclic) bond motifs is 2. The van der Waals surface area contributed by atoms with E-state index in [4.69, 9.17) is 9.47 Å². The molecule has 1 aliphatic heterocycles. The van der Waals surface area contributed by atoms with Crippen molar-refractivity contribution in [2.45, 2.75) is 119 Å². The van der Waals surface area contributed by atoms with Gasteiger partial charge in [-0.25, -0.2) is 0 Å². The maximum atomic E-state index is 11.5. The highest BCUT2D eigenvalue weighted by atomic mass is 16.5. The van der Waals surface area contributed by atoms with Gasteiger partial charge < -0.3 is 40.2 Å². The van der Waals surface area contributed by atoms with Gasteiger partial charge in [0.15, 0.2) is 11.5 Å². The van der Waals surface area contributed by atoms with E-state index in [1.807, 2.05) is 24.5 Å². The molecule has 6 N–H and O–H groups in total. The van der Waals surface area contributed by atoms with Crippen molar-refractivity contribution in [1.82, 2.24) is 10.3 Å². The number of benzene rings is 2. The first-order chi connectivity index (χ1) is 24.9. The Morgan fingerprint density at radius 2 is 1.76 bits per heavy atom. The van der Waals surface area contributed by atoms with Crippen LogP contribution in [0.5, 0.6) is 23.0 Å². The smallest absolute Gasteiger partial charge is 0.200 e. The van der Waals surface area contributed by atoms with E-state index in [0.29, 0.717) is 42.5 Å². The van der Waals surface area contributed by atoms with Crippen molar-refractivity contribution in [2.75, 3.05) is 7.11 Å². The number of aromatic hydroxyl groups is 3. The summed E-state index contributed by atoms with van der Waals surface area (Å²) in [5.41, 5.74) is 4.70. The number of aliphatic hydroxyl groups excluding tert-OH is 1. The number of methoxy groups -OCH3 is 1. The number of aliphatic hydroxyl groups is 1. The lowest BCUT2D eigenvalue weighted by Crippen LogP contribution is -2.44. The van der Waals surface area contributed by atoms with E-state index in [-0.39, 0.29) is 41.1 Å². The molecule has 4 aliphatic carbocycles. The third-order valence-corrected chi connectivity index (χ3v) is 12.9. The van der Waals surface area contributed by atoms with Crippen LogP contribution in [-0.4, -0.2) is 56.8 Å². The van der Waals surface area contributed by atoms with Gasteiger partial charge in [0.25, 0.3) is 0 Å². The van der Waals surface area contributed by atoms with Crippen molar-refractivity contribution in [1.29, 1.82) is 0 Å². The summed E-state index contributed by atoms with van der Waals surface area (Å²) in [7, 11) is 1.49. The molecule has 8 heteroatoms. The second-order valence-electron chi connectivity index (χ2n) is 16.0. The van der Waals surface area contributed by atoms with Gasteiger partial charge in [-0.05, 0) is 97.6 Å². The van der Waals surface area contributed by atoms with Crippen LogP contribution in [-0.2, 0) is 11.2 Å². The lowest BCUT2D eigenvalue weighted by molar-refractivity contribution is -0.154. The van der Waals surface area contributed by atoms with Gasteiger partial charge in [-0.1, -0.05) is 55.7 Å². The minimum absolute atomic E-state index is 0.0272. The summed E-state index contributed by atoms with van der Waals surface area (Å²) >= 11 is 0. The SMILES string of the molecule is COc1c(O)c(O)cc(C2CC(O)C3CCC(c4ccc(O)c(C5C=CCC6CC(NC7CCCCC7)C=CC65)c4)CC3O2)c1Cc1cc[nH]c1. The van der Waals surface area contributed by atoms with Crippen LogP contribution in [0.1, 0.15) is 116 Å². The average molecular weight is 695 g/mol. The van der Waals surface area contributed by atoms with Gasteiger partial charge in [-0.15, -0.1) is 0 Å². The molecular weight excluding hydrogens is 640 g/mol. The predicted octanol–water partition coefficient (Wildman–Crippen LogP) is 8.03. The summed E-state index contributed by atoms with van der Waals surface area (Å²) in [5, 5.41) is 48.1. The van der Waals surface area contributed by atoms with Crippen LogP contribution in [0.2, 0.25) is 0 Å². The highest BCUT2D eigenvalue weighted by molar-refractivity contribution is 5.59. The zero-order chi connectivity index (χ0) is 35.1. The monoisotopic (exact) mass is 694 g/mol. The molecule has 2 saturated carbocycles. The van der Waals surface area contributed by atoms with Crippen LogP contribution in [0.3, 0.4) is 0 Å². The fraction of sp³-hybridized carbons (Fsp3) is 0.535. The molecule has 8 nitrogen and oxygen atoms in total. The van der Waals surface area contributed by atoms with Crippen LogP contribution in [0.15, 0.2) is 67.0 Å². The molecular formula is C43H54N2O6. The molecule has 0 bridgehead atoms. The molecule has 0 radical (unpaired) electrons. The van der Waals surface area contributed by atoms with Crippen molar-refractivity contribution in [2.24, 2.45) is 17.8 Å². The summed E-state index contributed by atoms with van der Waals surface area (Å²) in [6.07, 6.45) is 24.3. The molecule has 9 unspecified atom stereocenters. The lowest BCUT2D eigenvalue weighted by Gasteiger charge is -2.45. The Bertz CT molecular complexity index is 1730. The Morgan fingerprint density at radius 3 is 2.57 bits per heavy atom. The molecule has 3 aromatic rings. The van der Waals surface area contributed by atoms with Crippen LogP contribution >= 0.6 is 0 Å². The Labute approximate surface area is 301 Å². The Morgan fingerprint density at radius 1 is 0.902 bits per heavy atom. The molecule has 3 fully saturated rings. The quantitative estimate of drug-likeness (QED) is 0.104. The number of phenolic OH excluding ortho intramolecular Hbond substituents is 3. The van der Waals surface area contributed by atoms with E-state index >= 15 is 0 Å². The normalized spacial score (nSPS) is 32.3. The van der Waals surface area contributed by atoms with Gasteiger partial charge in [0.2, 0.25) is 5.75 Å². The number of hydrogen-bond donors (Lipinski definition) is 6. The van der Waals surface area contributed by atoms with Crippen LogP contribution in [0, 0.1) is 17.8 Å². The zero-order valence-corrected chi connectivity index (χ0v) is 29.7. The standard InChI is InChI=1S/C43H54N2O6/c1-50-43-36(18-25-16-17-44-24-25)35(22-39(48)42(43)49)41-23-38(47)33-13-10-27(21-40(33)51-41)26-11-15-37(46)34(20-26)32-9-5-6-28-19-30(12-14-31(28)32)45-29-7-3-2-4-8-29/h5,9,11-12,14-17,20,22,24,27-33,38,40-41,44-49H,2-4,6-8,10,13,18-19,21,23H2,1H3. The predicted molar refractivity (Wildman–Crippen MR) is 197 cm³/mol. The maximum Gasteiger partial charge on any atom is 0.200 e. The molecule has 0 spiro atoms. The molecule has 2 heterocycles. The number of allylic oxidation sites excluding steroid dienone is 3. The molecule has 5 aliphatic rings. The van der Waals surface area contributed by atoms with E-state index < -0.39 is 12.2 Å². The molecule has 2 aromatic carbocycles. The molecule has 1 aromatic heterocycles. The van der Waals surface area contributed by atoms with E-state index in [9.17, 15) is 20.4 Å². The number of H-pyrrole nitrogens is 1. The van der Waals surface area contributed by atoms with Gasteiger partial charge in [0, 0.05) is 60.3 Å². The van der Waals surface area contributed by atoms with Crippen molar-refractivity contribution in [3.05, 3.63) is 94.8 Å². The largest absolute Gasteiger partial charge is 0.508 e. The van der Waals surface area contributed by atoms with E-state index in [1.165, 1.54) is 44.8 Å². The first-order valence-corrected chi connectivity index (χ1v) is 19.4. The van der Waals surface area contributed by atoms with Gasteiger partial charge in [-0.2, -0.15) is 0 Å². The topological polar surface area (TPSA) is 127 Å². The summed E-state index contributed by atoms with van der Waals surface area (Å²) in [4.78, 5) is 3.09. The van der Waals surface area contributed by atoms with Crippen molar-refractivity contribution in [3.8, 4) is 23.0 Å². The van der Waals surface area contributed by atoms with E-state index in [2.05, 4.69) is 46.7 Å². The van der Waals surface area contributed by atoms with Gasteiger partial charge in [-0.3, -0.25) is 0 Å². The second-order valence-corrected chi connectivity index (χ2v) is 16.0. The Kier molecular flexibility index (Phi) is 9.92. The first kappa shape index (κ1) is 34.4. The second kappa shape index (κ2) is 14.7. The molecule has 9 atom stereocenters. The zero-order valence-electron chi connectivity index (χ0n) is 29.7. The van der Waals surface area contributed by atoms with Crippen LogP contribution in [0.25, 0.3) is 0 Å². The van der Waals surface area contributed by atoms with Gasteiger partial charge >= 0.3 is 0 Å². The van der Waals surface area contributed by atoms with Crippen molar-refractivity contribution >= 4 is 0 Å². The van der Waals surface area contributed by atoms with Crippen molar-refractivity contribution in [3.63, 3.8) is 0 Å². The lowest BCUT2D eigenvalue weighted by atomic mass is 9.67. The first-order valence-electron chi connectivity index (χ1n) is 19.4. The average Bonchev–Trinajstić information content (AvgIpc) is 3.66. The number of aromatic amines is 1. The fourth-order valence-electron chi connectivity index (χ4n) is 10.2. The minimum atomic E-state index is -0.550. The third kappa shape index (κ3) is 6.95. The highest BCUT2D eigenvalue weighted by Crippen LogP contribution is 2.51. The maximum absolute atomic E-state index is 11.5. The number of aromatic nitrogens is 1. The number of ether oxygens (including phenoxy) is 2. The van der Waals surface area contributed by atoms with Crippen molar-refractivity contribution < 1.29 is 29.9 Å². The van der Waals surface area contributed by atoms with Crippen LogP contribution < -0.4 is 10.1 Å². The summed E-state index contributed by atoms with van der Waals surface area (Å²) in [5.74, 6) is 1.35. The number of hydrogen-bond acceptors (Lipinski definition) is 7. The summed E-state index contributed by atoms with van der Waals surface area (Å²) in [6, 6.07) is 10.8. The third-order valence-electron chi connectivity index (χ3n) is 12.9. The molecule has 272 valence electrons. The minimum Gasteiger partial charge on any atom is -0.508 e.